The number of nitrogens with one attached hydrogen (secondary N) is 1. The average Bonchev–Trinajstić information content (AvgIpc) is 2.61. The molecular weight excluding hydrogens is 220 g/mol. The maximum atomic E-state index is 3.74. The van der Waals surface area contributed by atoms with Gasteiger partial charge in [0.2, 0.25) is 0 Å². The number of nitrogens with zero attached hydrogens (tertiary/aromatic N) is 1. The Morgan fingerprint density at radius 1 is 1.06 bits per heavy atom. The Balaban J connectivity index is 1.80. The van der Waals surface area contributed by atoms with Gasteiger partial charge in [-0.25, -0.2) is 0 Å². The molecule has 3 atom stereocenters. The Morgan fingerprint density at radius 2 is 1.94 bits per heavy atom. The summed E-state index contributed by atoms with van der Waals surface area (Å²) in [5, 5.41) is 3.74. The Kier molecular flexibility index (Phi) is 5.97. The Labute approximate surface area is 114 Å². The highest BCUT2D eigenvalue weighted by Crippen LogP contribution is 2.26. The van der Waals surface area contributed by atoms with Gasteiger partial charge in [-0.05, 0) is 70.5 Å². The molecule has 1 heterocycles. The molecule has 0 spiro atoms. The van der Waals surface area contributed by atoms with Crippen molar-refractivity contribution < 1.29 is 0 Å². The van der Waals surface area contributed by atoms with Gasteiger partial charge >= 0.3 is 0 Å². The van der Waals surface area contributed by atoms with E-state index in [4.69, 9.17) is 0 Å². The minimum absolute atomic E-state index is 0.796. The molecule has 0 aromatic carbocycles. The summed E-state index contributed by atoms with van der Waals surface area (Å²) in [4.78, 5) is 2.81. The van der Waals surface area contributed by atoms with E-state index in [9.17, 15) is 0 Å². The van der Waals surface area contributed by atoms with E-state index in [1.807, 2.05) is 0 Å². The van der Waals surface area contributed by atoms with Crippen molar-refractivity contribution in [1.82, 2.24) is 10.2 Å². The molecule has 1 saturated heterocycles. The van der Waals surface area contributed by atoms with E-state index in [1.165, 1.54) is 71.0 Å². The van der Waals surface area contributed by atoms with Gasteiger partial charge in [-0.15, -0.1) is 0 Å². The zero-order chi connectivity index (χ0) is 12.8. The van der Waals surface area contributed by atoms with Crippen molar-refractivity contribution in [3.63, 3.8) is 0 Å². The van der Waals surface area contributed by atoms with Gasteiger partial charge in [0, 0.05) is 12.1 Å². The minimum Gasteiger partial charge on any atom is -0.314 e. The highest BCUT2D eigenvalue weighted by molar-refractivity contribution is 4.85. The van der Waals surface area contributed by atoms with E-state index in [2.05, 4.69) is 24.1 Å². The van der Waals surface area contributed by atoms with Crippen LogP contribution in [0.2, 0.25) is 0 Å². The molecule has 2 nitrogen and oxygen atoms in total. The van der Waals surface area contributed by atoms with Gasteiger partial charge in [-0.3, -0.25) is 0 Å². The van der Waals surface area contributed by atoms with Crippen LogP contribution in [0.5, 0.6) is 0 Å². The van der Waals surface area contributed by atoms with E-state index in [0.717, 1.165) is 18.0 Å². The maximum absolute atomic E-state index is 3.74. The maximum Gasteiger partial charge on any atom is 0.0110 e. The molecule has 18 heavy (non-hydrogen) atoms. The zero-order valence-corrected chi connectivity index (χ0v) is 12.5. The molecule has 2 rings (SSSR count). The van der Waals surface area contributed by atoms with Gasteiger partial charge in [0.05, 0.1) is 0 Å². The van der Waals surface area contributed by atoms with Crippen molar-refractivity contribution in [2.45, 2.75) is 77.3 Å². The topological polar surface area (TPSA) is 15.3 Å². The molecular formula is C16H32N2. The van der Waals surface area contributed by atoms with Gasteiger partial charge in [-0.1, -0.05) is 20.3 Å². The summed E-state index contributed by atoms with van der Waals surface area (Å²) in [7, 11) is 0. The molecule has 0 radical (unpaired) electrons. The summed E-state index contributed by atoms with van der Waals surface area (Å²) >= 11 is 0. The Bertz CT molecular complexity index is 229. The van der Waals surface area contributed by atoms with Crippen molar-refractivity contribution in [2.24, 2.45) is 5.92 Å². The number of likely N-dealkylation sites (tertiary alicyclic amines) is 1. The third-order valence-corrected chi connectivity index (χ3v) is 4.90. The molecule has 2 heteroatoms. The normalized spacial score (nSPS) is 35.3. The van der Waals surface area contributed by atoms with Gasteiger partial charge in [0.1, 0.15) is 0 Å². The third-order valence-electron chi connectivity index (χ3n) is 4.90. The summed E-state index contributed by atoms with van der Waals surface area (Å²) in [5.74, 6) is 0.951. The lowest BCUT2D eigenvalue weighted by Gasteiger charge is -2.37. The van der Waals surface area contributed by atoms with Crippen LogP contribution in [0, 0.1) is 5.92 Å². The van der Waals surface area contributed by atoms with E-state index in [-0.39, 0.29) is 0 Å². The average molecular weight is 252 g/mol. The van der Waals surface area contributed by atoms with Gasteiger partial charge in [-0.2, -0.15) is 0 Å². The molecule has 0 aromatic heterocycles. The first kappa shape index (κ1) is 14.3. The van der Waals surface area contributed by atoms with Crippen LogP contribution >= 0.6 is 0 Å². The number of hydrogen-bond donors (Lipinski definition) is 1. The summed E-state index contributed by atoms with van der Waals surface area (Å²) in [6, 6.07) is 1.67. The largest absolute Gasteiger partial charge is 0.314 e. The van der Waals surface area contributed by atoms with Crippen molar-refractivity contribution in [3.05, 3.63) is 0 Å². The Morgan fingerprint density at radius 3 is 2.78 bits per heavy atom. The van der Waals surface area contributed by atoms with Crippen LogP contribution in [0.1, 0.15) is 65.2 Å². The second kappa shape index (κ2) is 7.49. The minimum atomic E-state index is 0.796. The van der Waals surface area contributed by atoms with Crippen LogP contribution in [-0.4, -0.2) is 36.6 Å². The number of rotatable bonds is 4. The van der Waals surface area contributed by atoms with Crippen LogP contribution in [-0.2, 0) is 0 Å². The summed E-state index contributed by atoms with van der Waals surface area (Å²) in [5.41, 5.74) is 0. The van der Waals surface area contributed by atoms with E-state index in [1.54, 1.807) is 0 Å². The monoisotopic (exact) mass is 252 g/mol. The fraction of sp³-hybridized carbons (Fsp3) is 1.00. The zero-order valence-electron chi connectivity index (χ0n) is 12.5. The van der Waals surface area contributed by atoms with Crippen LogP contribution in [0.4, 0.5) is 0 Å². The quantitative estimate of drug-likeness (QED) is 0.825. The summed E-state index contributed by atoms with van der Waals surface area (Å²) in [6.45, 7) is 8.61. The molecule has 2 fully saturated rings. The molecule has 106 valence electrons. The molecule has 2 aliphatic rings. The second-order valence-corrected chi connectivity index (χ2v) is 6.54. The van der Waals surface area contributed by atoms with Crippen molar-refractivity contribution >= 4 is 0 Å². The molecule has 0 amide bonds. The van der Waals surface area contributed by atoms with E-state index >= 15 is 0 Å². The summed E-state index contributed by atoms with van der Waals surface area (Å²) in [6.07, 6.45) is 11.2. The SMILES string of the molecule is CCCNC1CCCC(N2CCCC(C)CC2)C1. The van der Waals surface area contributed by atoms with E-state index in [0.29, 0.717) is 0 Å². The predicted molar refractivity (Wildman–Crippen MR) is 78.9 cm³/mol. The van der Waals surface area contributed by atoms with Gasteiger partial charge in [0.25, 0.3) is 0 Å². The molecule has 1 saturated carbocycles. The molecule has 1 aliphatic heterocycles. The van der Waals surface area contributed by atoms with Gasteiger partial charge in [0.15, 0.2) is 0 Å². The lowest BCUT2D eigenvalue weighted by Crippen LogP contribution is -2.45. The van der Waals surface area contributed by atoms with Crippen LogP contribution in [0.3, 0.4) is 0 Å². The van der Waals surface area contributed by atoms with Crippen molar-refractivity contribution in [1.29, 1.82) is 0 Å². The second-order valence-electron chi connectivity index (χ2n) is 6.54. The first-order valence-corrected chi connectivity index (χ1v) is 8.27. The molecule has 0 aromatic rings. The molecule has 1 aliphatic carbocycles. The predicted octanol–water partition coefficient (Wildman–Crippen LogP) is 3.42. The smallest absolute Gasteiger partial charge is 0.0110 e. The fourth-order valence-corrected chi connectivity index (χ4v) is 3.68. The standard InChI is InChI=1S/C16H32N2/c1-3-10-17-15-7-4-8-16(13-15)18-11-5-6-14(2)9-12-18/h14-17H,3-13H2,1-2H3. The van der Waals surface area contributed by atoms with Crippen molar-refractivity contribution in [2.75, 3.05) is 19.6 Å². The number of hydrogen-bond acceptors (Lipinski definition) is 2. The van der Waals surface area contributed by atoms with Crippen molar-refractivity contribution in [3.8, 4) is 0 Å². The third kappa shape index (κ3) is 4.24. The van der Waals surface area contributed by atoms with Crippen LogP contribution in [0.15, 0.2) is 0 Å². The fourth-order valence-electron chi connectivity index (χ4n) is 3.68. The highest BCUT2D eigenvalue weighted by atomic mass is 15.2. The molecule has 1 N–H and O–H groups in total. The first-order chi connectivity index (χ1) is 8.79. The summed E-state index contributed by atoms with van der Waals surface area (Å²) < 4.78 is 0. The highest BCUT2D eigenvalue weighted by Gasteiger charge is 2.27. The molecule has 3 unspecified atom stereocenters. The Hall–Kier alpha value is -0.0800. The van der Waals surface area contributed by atoms with Crippen LogP contribution in [0.25, 0.3) is 0 Å². The van der Waals surface area contributed by atoms with Gasteiger partial charge < -0.3 is 10.2 Å². The lowest BCUT2D eigenvalue weighted by molar-refractivity contribution is 0.142. The first-order valence-electron chi connectivity index (χ1n) is 8.27. The lowest BCUT2D eigenvalue weighted by atomic mass is 9.89. The molecule has 0 bridgehead atoms. The van der Waals surface area contributed by atoms with E-state index < -0.39 is 0 Å². The van der Waals surface area contributed by atoms with Crippen LogP contribution < -0.4 is 5.32 Å².